The van der Waals surface area contributed by atoms with Crippen LogP contribution < -0.4 is 5.73 Å². The third-order valence-electron chi connectivity index (χ3n) is 7.32. The van der Waals surface area contributed by atoms with Crippen molar-refractivity contribution in [3.05, 3.63) is 12.7 Å². The van der Waals surface area contributed by atoms with Crippen molar-refractivity contribution < 1.29 is 32.6 Å². The van der Waals surface area contributed by atoms with Crippen LogP contribution in [0.1, 0.15) is 104 Å². The molecule has 2 aromatic heterocycles. The van der Waals surface area contributed by atoms with Gasteiger partial charge >= 0.3 is 13.8 Å². The van der Waals surface area contributed by atoms with Crippen LogP contribution in [0.5, 0.6) is 0 Å². The lowest BCUT2D eigenvalue weighted by molar-refractivity contribution is -0.00000383. The van der Waals surface area contributed by atoms with E-state index in [1.807, 2.05) is 6.92 Å². The molecule has 0 aliphatic carbocycles. The molecule has 45 heavy (non-hydrogen) atoms. The number of imidazole rings is 1. The number of aromatic nitrogens is 4. The number of hydrogen-bond acceptors (Lipinski definition) is 12. The first-order chi connectivity index (χ1) is 21.8. The lowest BCUT2D eigenvalue weighted by Gasteiger charge is -2.21. The van der Waals surface area contributed by atoms with Gasteiger partial charge in [-0.05, 0) is 19.1 Å². The molecule has 2 aromatic rings. The summed E-state index contributed by atoms with van der Waals surface area (Å²) in [5, 5.41) is 0. The van der Waals surface area contributed by atoms with Gasteiger partial charge in [0.1, 0.15) is 18.2 Å². The first-order valence-electron chi connectivity index (χ1n) is 16.2. The van der Waals surface area contributed by atoms with Crippen LogP contribution in [0.25, 0.3) is 11.2 Å². The third kappa shape index (κ3) is 17.1. The molecular formula is C30H54N5O7PS2. The van der Waals surface area contributed by atoms with Crippen LogP contribution in [-0.4, -0.2) is 70.1 Å². The van der Waals surface area contributed by atoms with E-state index in [0.29, 0.717) is 23.5 Å². The zero-order valence-corrected chi connectivity index (χ0v) is 29.9. The van der Waals surface area contributed by atoms with Gasteiger partial charge in [-0.3, -0.25) is 9.09 Å². The Morgan fingerprint density at radius 2 is 1.58 bits per heavy atom. The number of fused-ring (bicyclic) bond motifs is 1. The number of methoxy groups -OCH3 is 1. The zero-order valence-electron chi connectivity index (χ0n) is 27.4. The summed E-state index contributed by atoms with van der Waals surface area (Å²) in [7, 11) is -2.88. The Balaban J connectivity index is 1.64. The minimum Gasteiger partial charge on any atom is -0.438 e. The Labute approximate surface area is 276 Å². The van der Waals surface area contributed by atoms with E-state index in [2.05, 4.69) is 26.6 Å². The zero-order chi connectivity index (χ0) is 32.8. The van der Waals surface area contributed by atoms with Crippen molar-refractivity contribution in [3.8, 4) is 0 Å². The number of unbranched alkanes of at least 4 members (excludes halogenated alkanes) is 13. The van der Waals surface area contributed by atoms with Gasteiger partial charge in [0, 0.05) is 5.75 Å². The van der Waals surface area contributed by atoms with Crippen LogP contribution in [0, 0.1) is 0 Å². The number of carbonyl (C=O) groups excluding carboxylic acids is 1. The summed E-state index contributed by atoms with van der Waals surface area (Å²) in [6, 6.07) is 0. The van der Waals surface area contributed by atoms with Crippen molar-refractivity contribution in [2.75, 3.05) is 44.1 Å². The Morgan fingerprint density at radius 3 is 2.20 bits per heavy atom. The summed E-state index contributed by atoms with van der Waals surface area (Å²) in [4.78, 5) is 23.7. The van der Waals surface area contributed by atoms with Gasteiger partial charge < -0.3 is 29.0 Å². The lowest BCUT2D eigenvalue weighted by Crippen LogP contribution is -2.19. The highest BCUT2D eigenvalue weighted by Crippen LogP contribution is 2.48. The maximum absolute atomic E-state index is 13.4. The molecule has 0 aromatic carbocycles. The molecule has 15 heteroatoms. The number of anilines is 1. The Hall–Kier alpha value is -1.70. The molecule has 0 aliphatic heterocycles. The van der Waals surface area contributed by atoms with Crippen LogP contribution >= 0.6 is 7.60 Å². The van der Waals surface area contributed by atoms with E-state index in [1.165, 1.54) is 96.9 Å². The van der Waals surface area contributed by atoms with E-state index in [0.717, 1.165) is 12.2 Å². The second kappa shape index (κ2) is 23.6. The molecule has 258 valence electrons. The molecule has 0 radical (unpaired) electrons. The summed E-state index contributed by atoms with van der Waals surface area (Å²) in [6.07, 6.45) is 19.7. The van der Waals surface area contributed by atoms with Crippen LogP contribution in [0.3, 0.4) is 0 Å². The van der Waals surface area contributed by atoms with Crippen LogP contribution in [0.15, 0.2) is 12.7 Å². The highest BCUT2D eigenvalue weighted by molar-refractivity contribution is 8.28. The number of nitrogens with two attached hydrogens (primary N) is 1. The smallest absolute Gasteiger partial charge is 0.438 e. The Bertz CT molecular complexity index is 1170. The van der Waals surface area contributed by atoms with E-state index in [4.69, 9.17) is 35.4 Å². The van der Waals surface area contributed by atoms with Crippen molar-refractivity contribution in [1.29, 1.82) is 0 Å². The van der Waals surface area contributed by atoms with Gasteiger partial charge in [0.05, 0.1) is 32.7 Å². The summed E-state index contributed by atoms with van der Waals surface area (Å²) < 4.78 is 41.2. The number of rotatable bonds is 27. The fourth-order valence-corrected chi connectivity index (χ4v) is 7.66. The Morgan fingerprint density at radius 1 is 0.956 bits per heavy atom. The molecule has 2 N–H and O–H groups in total. The normalized spacial score (nSPS) is 14.3. The predicted octanol–water partition coefficient (Wildman–Crippen LogP) is 7.30. The first-order valence-corrected chi connectivity index (χ1v) is 20.5. The highest BCUT2D eigenvalue weighted by Gasteiger charge is 2.28. The fourth-order valence-electron chi connectivity index (χ4n) is 4.74. The molecule has 2 rings (SSSR count). The molecule has 0 fully saturated rings. The molecule has 0 amide bonds. The average Bonchev–Trinajstić information content (AvgIpc) is 3.44. The van der Waals surface area contributed by atoms with Gasteiger partial charge in [-0.25, -0.2) is 19.7 Å². The lowest BCUT2D eigenvalue weighted by atomic mass is 10.0. The van der Waals surface area contributed by atoms with Gasteiger partial charge in [-0.15, -0.1) is 9.45 Å². The van der Waals surface area contributed by atoms with Crippen LogP contribution in [0.2, 0.25) is 0 Å². The SMILES string of the molecule is CCCCCCCCCCCCCCCCS(=S)CCO[P@](=O)(CO[C@H](C)Cn1cnc2c(N)ncnc21)OCOC(=O)OC. The van der Waals surface area contributed by atoms with Gasteiger partial charge in [0.15, 0.2) is 11.5 Å². The quantitative estimate of drug-likeness (QED) is 0.0433. The maximum atomic E-state index is 13.4. The van der Waals surface area contributed by atoms with Crippen molar-refractivity contribution in [3.63, 3.8) is 0 Å². The largest absolute Gasteiger partial charge is 0.510 e. The molecule has 0 saturated carbocycles. The minimum atomic E-state index is -3.77. The van der Waals surface area contributed by atoms with Gasteiger partial charge in [-0.1, -0.05) is 102 Å². The molecular weight excluding hydrogens is 637 g/mol. The van der Waals surface area contributed by atoms with Gasteiger partial charge in [0.25, 0.3) is 0 Å². The highest BCUT2D eigenvalue weighted by atomic mass is 32.8. The van der Waals surface area contributed by atoms with Crippen molar-refractivity contribution in [2.24, 2.45) is 0 Å². The van der Waals surface area contributed by atoms with Gasteiger partial charge in [0.2, 0.25) is 6.79 Å². The van der Waals surface area contributed by atoms with E-state index in [-0.39, 0.29) is 28.2 Å². The van der Waals surface area contributed by atoms with Crippen molar-refractivity contribution in [2.45, 2.75) is 116 Å². The molecule has 2 heterocycles. The summed E-state index contributed by atoms with van der Waals surface area (Å²) in [5.41, 5.74) is 6.92. The molecule has 3 atom stereocenters. The maximum Gasteiger partial charge on any atom is 0.510 e. The summed E-state index contributed by atoms with van der Waals surface area (Å²) >= 11 is 5.65. The molecule has 12 nitrogen and oxygen atoms in total. The molecule has 0 bridgehead atoms. The summed E-state index contributed by atoms with van der Waals surface area (Å²) in [5.74, 6) is 1.80. The molecule has 1 unspecified atom stereocenters. The third-order valence-corrected chi connectivity index (χ3v) is 11.2. The number of nitrogens with zero attached hydrogens (tertiary/aromatic N) is 4. The number of nitrogen functional groups attached to an aromatic ring is 1. The van der Waals surface area contributed by atoms with E-state index in [1.54, 1.807) is 10.9 Å². The predicted molar refractivity (Wildman–Crippen MR) is 183 cm³/mol. The Kier molecular flexibility index (Phi) is 20.7. The second-order valence-corrected chi connectivity index (χ2v) is 16.3. The topological polar surface area (TPSA) is 150 Å². The minimum absolute atomic E-state index is 0.154. The summed E-state index contributed by atoms with van der Waals surface area (Å²) in [6.45, 7) is 3.99. The molecule has 0 spiro atoms. The van der Waals surface area contributed by atoms with Crippen LogP contribution in [0.4, 0.5) is 10.6 Å². The van der Waals surface area contributed by atoms with Crippen molar-refractivity contribution >= 4 is 51.4 Å². The first kappa shape index (κ1) is 39.5. The molecule has 0 aliphatic rings. The molecule has 0 saturated heterocycles. The second-order valence-electron chi connectivity index (χ2n) is 11.2. The van der Waals surface area contributed by atoms with E-state index in [9.17, 15) is 9.36 Å². The monoisotopic (exact) mass is 691 g/mol. The fraction of sp³-hybridized carbons (Fsp3) is 0.800. The number of hydrogen-bond donors (Lipinski definition) is 1. The number of ether oxygens (including phenoxy) is 3. The standard InChI is InChI=1S/C30H54N5O7PS2/c1-4-5-6-7-8-9-10-11-12-13-14-15-16-17-19-45(44)20-18-41-43(37,42-24-39-30(36)38-3)25-40-26(2)21-35-23-34-27-28(31)32-22-33-29(27)35/h22-23,26H,4-21,24-25H2,1-3H3,(H2,31,32,33)/t26-,43-,45?/m1/s1. The average molecular weight is 692 g/mol. The van der Waals surface area contributed by atoms with E-state index >= 15 is 0 Å². The van der Waals surface area contributed by atoms with Gasteiger partial charge in [-0.2, -0.15) is 0 Å². The van der Waals surface area contributed by atoms with Crippen LogP contribution in [-0.2, 0) is 55.0 Å². The van der Waals surface area contributed by atoms with E-state index < -0.39 is 26.6 Å². The van der Waals surface area contributed by atoms with Crippen molar-refractivity contribution in [1.82, 2.24) is 19.5 Å². The number of carbonyl (C=O) groups is 1.